The Morgan fingerprint density at radius 1 is 1.15 bits per heavy atom. The zero-order chi connectivity index (χ0) is 29.9. The molecule has 4 aliphatic rings. The molecule has 0 aromatic carbocycles. The van der Waals surface area contributed by atoms with E-state index in [2.05, 4.69) is 60.7 Å². The Bertz CT molecular complexity index is 957. The average molecular weight is 575 g/mol. The third-order valence-electron chi connectivity index (χ3n) is 12.8. The minimum absolute atomic E-state index is 0.000477. The summed E-state index contributed by atoms with van der Waals surface area (Å²) in [6.07, 6.45) is 14.0. The highest BCUT2D eigenvalue weighted by molar-refractivity contribution is 6.74. The summed E-state index contributed by atoms with van der Waals surface area (Å²) in [6.45, 7) is 24.7. The van der Waals surface area contributed by atoms with Crippen molar-refractivity contribution in [2.75, 3.05) is 0 Å². The summed E-state index contributed by atoms with van der Waals surface area (Å²) in [5.41, 5.74) is 1.30. The molecule has 0 heterocycles. The van der Waals surface area contributed by atoms with E-state index in [1.165, 1.54) is 19.3 Å². The second kappa shape index (κ2) is 11.1. The normalized spacial score (nSPS) is 39.0. The van der Waals surface area contributed by atoms with Gasteiger partial charge in [0.25, 0.3) is 0 Å². The minimum Gasteiger partial charge on any atom is -0.462 e. The molecule has 0 saturated heterocycles. The molecule has 40 heavy (non-hydrogen) atoms. The maximum atomic E-state index is 12.5. The van der Waals surface area contributed by atoms with E-state index in [0.29, 0.717) is 35.7 Å². The van der Waals surface area contributed by atoms with Gasteiger partial charge in [0.2, 0.25) is 0 Å². The molecule has 9 atom stereocenters. The predicted octanol–water partition coefficient (Wildman–Crippen LogP) is 9.07. The minimum atomic E-state index is -1.82. The Labute approximate surface area is 247 Å². The van der Waals surface area contributed by atoms with Crippen LogP contribution in [-0.2, 0) is 14.0 Å². The summed E-state index contributed by atoms with van der Waals surface area (Å²) >= 11 is 0. The summed E-state index contributed by atoms with van der Waals surface area (Å²) in [4.78, 5) is 12.5. The number of hydrogen-bond donors (Lipinski definition) is 1. The largest absolute Gasteiger partial charge is 0.462 e. The molecular weight excluding hydrogens is 512 g/mol. The van der Waals surface area contributed by atoms with Crippen molar-refractivity contribution in [3.8, 4) is 0 Å². The van der Waals surface area contributed by atoms with E-state index in [1.807, 2.05) is 13.8 Å². The standard InChI is InChI=1S/C35H62O4Si/c1-23(13-12-19-33(6,7)37)28-16-17-29-27-15-14-25-21-26(39-40(10,11)32(3,4)5)18-20-34(25,8)31(27)30(38-24(2)36)22-35(28,29)9/h14,23,26-31,37H,12-13,15-22H2,1-11H3/t23-,26+,27+,28-,29+,30-,31-,34+,35-/m1/s1. The average Bonchev–Trinajstić information content (AvgIpc) is 3.13. The van der Waals surface area contributed by atoms with Gasteiger partial charge in [0.05, 0.1) is 5.60 Å². The molecule has 0 amide bonds. The first-order chi connectivity index (χ1) is 18.3. The molecule has 5 heteroatoms. The molecule has 4 rings (SSSR count). The van der Waals surface area contributed by atoms with Crippen LogP contribution in [0.2, 0.25) is 18.1 Å². The molecule has 0 aromatic rings. The Balaban J connectivity index is 1.57. The van der Waals surface area contributed by atoms with Gasteiger partial charge >= 0.3 is 5.97 Å². The molecule has 4 nitrogen and oxygen atoms in total. The van der Waals surface area contributed by atoms with Crippen LogP contribution in [0.4, 0.5) is 0 Å². The number of carbonyl (C=O) groups is 1. The molecule has 1 N–H and O–H groups in total. The molecule has 0 bridgehead atoms. The predicted molar refractivity (Wildman–Crippen MR) is 168 cm³/mol. The molecule has 4 aliphatic carbocycles. The topological polar surface area (TPSA) is 55.8 Å². The van der Waals surface area contributed by atoms with Crippen LogP contribution >= 0.6 is 0 Å². The van der Waals surface area contributed by atoms with Crippen LogP contribution < -0.4 is 0 Å². The monoisotopic (exact) mass is 574 g/mol. The number of fused-ring (bicyclic) bond motifs is 5. The molecule has 3 fully saturated rings. The van der Waals surface area contributed by atoms with Crippen LogP contribution in [0.5, 0.6) is 0 Å². The zero-order valence-electron chi connectivity index (χ0n) is 27.9. The van der Waals surface area contributed by atoms with Crippen molar-refractivity contribution < 1.29 is 19.1 Å². The zero-order valence-corrected chi connectivity index (χ0v) is 28.9. The molecule has 0 radical (unpaired) electrons. The number of allylic oxidation sites excluding steroid dienone is 1. The van der Waals surface area contributed by atoms with Crippen molar-refractivity contribution in [3.05, 3.63) is 11.6 Å². The first-order valence-corrected chi connectivity index (χ1v) is 19.5. The van der Waals surface area contributed by atoms with Crippen molar-refractivity contribution in [2.24, 2.45) is 40.4 Å². The Hall–Kier alpha value is -0.653. The van der Waals surface area contributed by atoms with E-state index < -0.39 is 13.9 Å². The van der Waals surface area contributed by atoms with Gasteiger partial charge in [-0.1, -0.05) is 66.0 Å². The highest BCUT2D eigenvalue weighted by atomic mass is 28.4. The second-order valence-corrected chi connectivity index (χ2v) is 21.9. The lowest BCUT2D eigenvalue weighted by Crippen LogP contribution is -2.58. The van der Waals surface area contributed by atoms with Crippen molar-refractivity contribution >= 4 is 14.3 Å². The number of esters is 1. The van der Waals surface area contributed by atoms with Crippen molar-refractivity contribution in [1.82, 2.24) is 0 Å². The fourth-order valence-electron chi connectivity index (χ4n) is 9.77. The smallest absolute Gasteiger partial charge is 0.302 e. The van der Waals surface area contributed by atoms with Crippen LogP contribution in [0.25, 0.3) is 0 Å². The van der Waals surface area contributed by atoms with Crippen LogP contribution in [0.3, 0.4) is 0 Å². The summed E-state index contributed by atoms with van der Waals surface area (Å²) in [5, 5.41) is 10.5. The van der Waals surface area contributed by atoms with Gasteiger partial charge in [0.15, 0.2) is 8.32 Å². The lowest BCUT2D eigenvalue weighted by atomic mass is 9.46. The van der Waals surface area contributed by atoms with Crippen molar-refractivity contribution in [2.45, 2.75) is 162 Å². The van der Waals surface area contributed by atoms with Crippen LogP contribution in [0.1, 0.15) is 127 Å². The Morgan fingerprint density at radius 3 is 2.42 bits per heavy atom. The van der Waals surface area contributed by atoms with E-state index in [0.717, 1.165) is 44.9 Å². The first-order valence-electron chi connectivity index (χ1n) is 16.6. The SMILES string of the molecule is CC(=O)O[C@@H]1C[C@]2(C)[C@@H]([C@H](C)CCCC(C)(C)O)CC[C@H]2[C@@H]2CC=C3C[C@@H](O[Si](C)(C)C(C)(C)C)CC[C@]3(C)[C@H]21. The number of aliphatic hydroxyl groups is 1. The maximum absolute atomic E-state index is 12.5. The number of hydrogen-bond acceptors (Lipinski definition) is 4. The fourth-order valence-corrected chi connectivity index (χ4v) is 11.2. The summed E-state index contributed by atoms with van der Waals surface area (Å²) in [6, 6.07) is 0. The third-order valence-corrected chi connectivity index (χ3v) is 17.3. The summed E-state index contributed by atoms with van der Waals surface area (Å²) in [7, 11) is -1.82. The van der Waals surface area contributed by atoms with Crippen molar-refractivity contribution in [3.63, 3.8) is 0 Å². The summed E-state index contributed by atoms with van der Waals surface area (Å²) in [5.74, 6) is 2.86. The summed E-state index contributed by atoms with van der Waals surface area (Å²) < 4.78 is 13.3. The van der Waals surface area contributed by atoms with E-state index in [9.17, 15) is 9.90 Å². The number of ether oxygens (including phenoxy) is 1. The van der Waals surface area contributed by atoms with Crippen LogP contribution in [0, 0.1) is 40.4 Å². The van der Waals surface area contributed by atoms with Gasteiger partial charge in [-0.25, -0.2) is 0 Å². The second-order valence-electron chi connectivity index (χ2n) is 17.1. The van der Waals surface area contributed by atoms with Gasteiger partial charge in [-0.05, 0) is 118 Å². The molecule has 0 unspecified atom stereocenters. The van der Waals surface area contributed by atoms with E-state index >= 15 is 0 Å². The number of carbonyl (C=O) groups excluding carboxylic acids is 1. The quantitative estimate of drug-likeness (QED) is 0.178. The van der Waals surface area contributed by atoms with E-state index in [-0.39, 0.29) is 27.9 Å². The van der Waals surface area contributed by atoms with Gasteiger partial charge in [-0.3, -0.25) is 4.79 Å². The Morgan fingerprint density at radius 2 is 1.82 bits per heavy atom. The Kier molecular flexibility index (Phi) is 8.97. The highest BCUT2D eigenvalue weighted by Gasteiger charge is 2.63. The lowest BCUT2D eigenvalue weighted by molar-refractivity contribution is -0.175. The lowest BCUT2D eigenvalue weighted by Gasteiger charge is -2.61. The van der Waals surface area contributed by atoms with Gasteiger partial charge in [0.1, 0.15) is 6.10 Å². The molecule has 0 spiro atoms. The fraction of sp³-hybridized carbons (Fsp3) is 0.914. The first kappa shape index (κ1) is 32.3. The molecule has 3 saturated carbocycles. The van der Waals surface area contributed by atoms with E-state index in [1.54, 1.807) is 12.5 Å². The molecule has 230 valence electrons. The third kappa shape index (κ3) is 6.18. The van der Waals surface area contributed by atoms with Gasteiger partial charge in [0, 0.05) is 18.9 Å². The molecular formula is C35H62O4Si. The van der Waals surface area contributed by atoms with Gasteiger partial charge in [-0.15, -0.1) is 0 Å². The van der Waals surface area contributed by atoms with Crippen LogP contribution in [0.15, 0.2) is 11.6 Å². The number of rotatable bonds is 8. The van der Waals surface area contributed by atoms with E-state index in [4.69, 9.17) is 9.16 Å². The maximum Gasteiger partial charge on any atom is 0.302 e. The van der Waals surface area contributed by atoms with Crippen LogP contribution in [-0.4, -0.2) is 37.2 Å². The van der Waals surface area contributed by atoms with Crippen molar-refractivity contribution in [1.29, 1.82) is 0 Å². The molecule has 0 aliphatic heterocycles. The molecule has 0 aromatic heterocycles. The highest BCUT2D eigenvalue weighted by Crippen LogP contribution is 2.68. The van der Waals surface area contributed by atoms with Gasteiger partial charge in [-0.2, -0.15) is 0 Å². The van der Waals surface area contributed by atoms with Gasteiger partial charge < -0.3 is 14.3 Å².